The Kier molecular flexibility index (Phi) is 4.00. The van der Waals surface area contributed by atoms with E-state index in [1.54, 1.807) is 0 Å². The molecule has 0 aliphatic heterocycles. The van der Waals surface area contributed by atoms with Crippen molar-refractivity contribution in [2.45, 2.75) is 20.3 Å². The third-order valence-electron chi connectivity index (χ3n) is 3.14. The highest BCUT2D eigenvalue weighted by Gasteiger charge is 2.11. The molecule has 0 radical (unpaired) electrons. The van der Waals surface area contributed by atoms with Crippen LogP contribution in [-0.4, -0.2) is 29.1 Å². The van der Waals surface area contributed by atoms with Crippen LogP contribution in [0.4, 0.5) is 5.69 Å². The van der Waals surface area contributed by atoms with Gasteiger partial charge in [0.05, 0.1) is 11.9 Å². The van der Waals surface area contributed by atoms with Crippen LogP contribution in [0.2, 0.25) is 0 Å². The third-order valence-corrected chi connectivity index (χ3v) is 3.14. The van der Waals surface area contributed by atoms with Gasteiger partial charge in [-0.3, -0.25) is 9.78 Å². The van der Waals surface area contributed by atoms with Crippen molar-refractivity contribution in [3.8, 4) is 0 Å². The predicted octanol–water partition coefficient (Wildman–Crippen LogP) is 2.84. The number of fused-ring (bicyclic) bond motifs is 1. The Bertz CT molecular complexity index is 596. The molecule has 1 aromatic carbocycles. The van der Waals surface area contributed by atoms with Crippen LogP contribution in [0.1, 0.15) is 19.0 Å². The standard InChI is InChI=1S/C15H18N2O2/c1-3-17(9-8-15(18)19)14-10-11(2)16-13-7-5-4-6-12(13)14/h4-7,10H,3,8-9H2,1-2H3,(H,18,19). The maximum atomic E-state index is 10.7. The molecule has 0 saturated carbocycles. The molecular weight excluding hydrogens is 240 g/mol. The van der Waals surface area contributed by atoms with Crippen molar-refractivity contribution in [1.29, 1.82) is 0 Å². The Labute approximate surface area is 112 Å². The second-order valence-corrected chi connectivity index (χ2v) is 4.52. The van der Waals surface area contributed by atoms with Crippen LogP contribution in [0.3, 0.4) is 0 Å². The minimum absolute atomic E-state index is 0.142. The summed E-state index contributed by atoms with van der Waals surface area (Å²) in [6.07, 6.45) is 0.142. The molecule has 0 unspecified atom stereocenters. The first-order valence-electron chi connectivity index (χ1n) is 6.45. The molecular formula is C15H18N2O2. The molecule has 0 aliphatic carbocycles. The molecule has 0 spiro atoms. The number of rotatable bonds is 5. The zero-order valence-electron chi connectivity index (χ0n) is 11.3. The Morgan fingerprint density at radius 3 is 2.79 bits per heavy atom. The van der Waals surface area contributed by atoms with Crippen LogP contribution >= 0.6 is 0 Å². The van der Waals surface area contributed by atoms with E-state index in [0.717, 1.165) is 28.8 Å². The Morgan fingerprint density at radius 2 is 2.11 bits per heavy atom. The van der Waals surface area contributed by atoms with Gasteiger partial charge >= 0.3 is 5.97 Å². The molecule has 1 N–H and O–H groups in total. The van der Waals surface area contributed by atoms with E-state index in [9.17, 15) is 4.79 Å². The molecule has 2 rings (SSSR count). The Balaban J connectivity index is 2.43. The summed E-state index contributed by atoms with van der Waals surface area (Å²) < 4.78 is 0. The van der Waals surface area contributed by atoms with Crippen molar-refractivity contribution < 1.29 is 9.90 Å². The average molecular weight is 258 g/mol. The van der Waals surface area contributed by atoms with Gasteiger partial charge in [-0.05, 0) is 26.0 Å². The number of nitrogens with zero attached hydrogens (tertiary/aromatic N) is 2. The van der Waals surface area contributed by atoms with Gasteiger partial charge in [0, 0.05) is 29.9 Å². The molecule has 0 atom stereocenters. The summed E-state index contributed by atoms with van der Waals surface area (Å²) in [6.45, 7) is 5.29. The molecule has 0 fully saturated rings. The molecule has 19 heavy (non-hydrogen) atoms. The lowest BCUT2D eigenvalue weighted by molar-refractivity contribution is -0.136. The molecule has 0 aliphatic rings. The number of carboxylic acid groups (broad SMARTS) is 1. The maximum absolute atomic E-state index is 10.7. The smallest absolute Gasteiger partial charge is 0.305 e. The van der Waals surface area contributed by atoms with Crippen LogP contribution in [0.5, 0.6) is 0 Å². The zero-order chi connectivity index (χ0) is 13.8. The highest BCUT2D eigenvalue weighted by Crippen LogP contribution is 2.26. The lowest BCUT2D eigenvalue weighted by atomic mass is 10.1. The highest BCUT2D eigenvalue weighted by atomic mass is 16.4. The Morgan fingerprint density at radius 1 is 1.37 bits per heavy atom. The van der Waals surface area contributed by atoms with E-state index in [4.69, 9.17) is 5.11 Å². The molecule has 2 aromatic rings. The van der Waals surface area contributed by atoms with Crippen molar-refractivity contribution in [2.75, 3.05) is 18.0 Å². The van der Waals surface area contributed by atoms with Crippen molar-refractivity contribution in [1.82, 2.24) is 4.98 Å². The van der Waals surface area contributed by atoms with Crippen molar-refractivity contribution in [2.24, 2.45) is 0 Å². The maximum Gasteiger partial charge on any atom is 0.305 e. The monoisotopic (exact) mass is 258 g/mol. The Hall–Kier alpha value is -2.10. The number of pyridine rings is 1. The molecule has 100 valence electrons. The van der Waals surface area contributed by atoms with E-state index in [0.29, 0.717) is 6.54 Å². The van der Waals surface area contributed by atoms with Gasteiger partial charge in [0.25, 0.3) is 0 Å². The normalized spacial score (nSPS) is 10.6. The summed E-state index contributed by atoms with van der Waals surface area (Å²) in [4.78, 5) is 17.3. The minimum Gasteiger partial charge on any atom is -0.481 e. The topological polar surface area (TPSA) is 53.4 Å². The van der Waals surface area contributed by atoms with E-state index in [2.05, 4.69) is 9.88 Å². The van der Waals surface area contributed by atoms with Gasteiger partial charge in [-0.25, -0.2) is 0 Å². The summed E-state index contributed by atoms with van der Waals surface area (Å²) in [6, 6.07) is 9.98. The molecule has 0 amide bonds. The number of carboxylic acids is 1. The van der Waals surface area contributed by atoms with Gasteiger partial charge in [-0.2, -0.15) is 0 Å². The first-order chi connectivity index (χ1) is 9.11. The average Bonchev–Trinajstić information content (AvgIpc) is 2.38. The van der Waals surface area contributed by atoms with Crippen molar-refractivity contribution in [3.05, 3.63) is 36.0 Å². The first-order valence-corrected chi connectivity index (χ1v) is 6.45. The number of aliphatic carboxylic acids is 1. The third kappa shape index (κ3) is 3.02. The molecule has 4 nitrogen and oxygen atoms in total. The molecule has 0 saturated heterocycles. The van der Waals surface area contributed by atoms with E-state index in [-0.39, 0.29) is 6.42 Å². The number of hydrogen-bond acceptors (Lipinski definition) is 3. The summed E-state index contributed by atoms with van der Waals surface area (Å²) in [5.41, 5.74) is 2.96. The summed E-state index contributed by atoms with van der Waals surface area (Å²) >= 11 is 0. The quantitative estimate of drug-likeness (QED) is 0.896. The van der Waals surface area contributed by atoms with Crippen LogP contribution in [0, 0.1) is 6.92 Å². The van der Waals surface area contributed by atoms with Gasteiger partial charge in [0.2, 0.25) is 0 Å². The number of carbonyl (C=O) groups is 1. The number of anilines is 1. The second-order valence-electron chi connectivity index (χ2n) is 4.52. The minimum atomic E-state index is -0.770. The summed E-state index contributed by atoms with van der Waals surface area (Å²) in [7, 11) is 0. The van der Waals surface area contributed by atoms with Crippen LogP contribution in [-0.2, 0) is 4.79 Å². The van der Waals surface area contributed by atoms with Crippen LogP contribution in [0.15, 0.2) is 30.3 Å². The fourth-order valence-corrected chi connectivity index (χ4v) is 2.23. The predicted molar refractivity (Wildman–Crippen MR) is 76.6 cm³/mol. The van der Waals surface area contributed by atoms with Crippen LogP contribution in [0.25, 0.3) is 10.9 Å². The molecule has 1 heterocycles. The lowest BCUT2D eigenvalue weighted by Gasteiger charge is -2.24. The number of benzene rings is 1. The van der Waals surface area contributed by atoms with E-state index < -0.39 is 5.97 Å². The molecule has 0 bridgehead atoms. The van der Waals surface area contributed by atoms with Gasteiger partial charge in [-0.15, -0.1) is 0 Å². The van der Waals surface area contributed by atoms with Gasteiger partial charge in [-0.1, -0.05) is 18.2 Å². The SMILES string of the molecule is CCN(CCC(=O)O)c1cc(C)nc2ccccc12. The molecule has 4 heteroatoms. The van der Waals surface area contributed by atoms with Crippen molar-refractivity contribution >= 4 is 22.6 Å². The van der Waals surface area contributed by atoms with Gasteiger partial charge < -0.3 is 10.0 Å². The van der Waals surface area contributed by atoms with Gasteiger partial charge in [0.1, 0.15) is 0 Å². The zero-order valence-corrected chi connectivity index (χ0v) is 11.3. The number of hydrogen-bond donors (Lipinski definition) is 1. The number of aromatic nitrogens is 1. The first kappa shape index (κ1) is 13.3. The fourth-order valence-electron chi connectivity index (χ4n) is 2.23. The van der Waals surface area contributed by atoms with Crippen molar-refractivity contribution in [3.63, 3.8) is 0 Å². The highest BCUT2D eigenvalue weighted by molar-refractivity contribution is 5.92. The number of aryl methyl sites for hydroxylation is 1. The lowest BCUT2D eigenvalue weighted by Crippen LogP contribution is -2.26. The largest absolute Gasteiger partial charge is 0.481 e. The van der Waals surface area contributed by atoms with E-state index in [1.165, 1.54) is 0 Å². The summed E-state index contributed by atoms with van der Waals surface area (Å²) in [5.74, 6) is -0.770. The van der Waals surface area contributed by atoms with Gasteiger partial charge in [0.15, 0.2) is 0 Å². The molecule has 1 aromatic heterocycles. The summed E-state index contributed by atoms with van der Waals surface area (Å²) in [5, 5.41) is 9.90. The second kappa shape index (κ2) is 5.69. The van der Waals surface area contributed by atoms with E-state index >= 15 is 0 Å². The van der Waals surface area contributed by atoms with E-state index in [1.807, 2.05) is 44.2 Å². The van der Waals surface area contributed by atoms with Crippen LogP contribution < -0.4 is 4.90 Å². The fraction of sp³-hybridized carbons (Fsp3) is 0.333. The number of para-hydroxylation sites is 1.